The van der Waals surface area contributed by atoms with E-state index in [0.29, 0.717) is 0 Å². The van der Waals surface area contributed by atoms with Crippen LogP contribution in [0.25, 0.3) is 0 Å². The van der Waals surface area contributed by atoms with Crippen molar-refractivity contribution >= 4 is 44.3 Å². The first-order valence-electron chi connectivity index (χ1n) is 5.01. The van der Waals surface area contributed by atoms with E-state index in [1.165, 1.54) is 12.8 Å². The van der Waals surface area contributed by atoms with Crippen LogP contribution < -0.4 is 5.73 Å². The predicted octanol–water partition coefficient (Wildman–Crippen LogP) is 4.14. The van der Waals surface area contributed by atoms with E-state index in [1.54, 1.807) is 6.07 Å². The molecule has 0 bridgehead atoms. The third kappa shape index (κ3) is 3.36. The van der Waals surface area contributed by atoms with Crippen molar-refractivity contribution in [3.8, 4) is 5.75 Å². The normalized spacial score (nSPS) is 16.7. The molecular weight excluding hydrogens is 357 g/mol. The highest BCUT2D eigenvalue weighted by Crippen LogP contribution is 2.41. The monoisotopic (exact) mass is 369 g/mol. The third-order valence-electron chi connectivity index (χ3n) is 2.73. The molecule has 5 heteroatoms. The lowest BCUT2D eigenvalue weighted by Crippen LogP contribution is -2.12. The van der Waals surface area contributed by atoms with Gasteiger partial charge in [0.05, 0.1) is 0 Å². The van der Waals surface area contributed by atoms with Gasteiger partial charge in [0.1, 0.15) is 5.75 Å². The van der Waals surface area contributed by atoms with Crippen molar-refractivity contribution in [2.45, 2.75) is 25.3 Å². The molecule has 1 aromatic carbocycles. The van der Waals surface area contributed by atoms with E-state index >= 15 is 0 Å². The van der Waals surface area contributed by atoms with Crippen LogP contribution in [-0.2, 0) is 0 Å². The fourth-order valence-corrected chi connectivity index (χ4v) is 3.27. The summed E-state index contributed by atoms with van der Waals surface area (Å²) in [6.45, 7) is 0. The molecule has 1 saturated carbocycles. The van der Waals surface area contributed by atoms with Gasteiger partial charge >= 0.3 is 0 Å². The topological polar surface area (TPSA) is 46.2 Å². The molecule has 90 valence electrons. The number of nitrogens with two attached hydrogens (primary N) is 1. The van der Waals surface area contributed by atoms with Crippen LogP contribution in [0.15, 0.2) is 21.1 Å². The lowest BCUT2D eigenvalue weighted by atomic mass is 10.0. The molecule has 1 fully saturated rings. The molecule has 3 N–H and O–H groups in total. The maximum atomic E-state index is 9.84. The fourth-order valence-electron chi connectivity index (χ4n) is 1.77. The Kier molecular flexibility index (Phi) is 5.10. The molecule has 0 spiro atoms. The SMILES string of the molecule is Cl.N[C@H](CC1CC1)c1c(O)cc(Br)cc1Br. The van der Waals surface area contributed by atoms with E-state index in [-0.39, 0.29) is 24.2 Å². The summed E-state index contributed by atoms with van der Waals surface area (Å²) in [4.78, 5) is 0. The van der Waals surface area contributed by atoms with Gasteiger partial charge in [-0.3, -0.25) is 0 Å². The highest BCUT2D eigenvalue weighted by molar-refractivity contribution is 9.11. The zero-order valence-electron chi connectivity index (χ0n) is 8.62. The molecule has 2 nitrogen and oxygen atoms in total. The highest BCUT2D eigenvalue weighted by atomic mass is 79.9. The van der Waals surface area contributed by atoms with Crippen LogP contribution in [0.4, 0.5) is 0 Å². The summed E-state index contributed by atoms with van der Waals surface area (Å²) in [7, 11) is 0. The molecular formula is C11H14Br2ClNO. The number of halogens is 3. The summed E-state index contributed by atoms with van der Waals surface area (Å²) in [5, 5.41) is 9.84. The van der Waals surface area contributed by atoms with Crippen LogP contribution in [0.2, 0.25) is 0 Å². The Morgan fingerprint density at radius 1 is 1.38 bits per heavy atom. The van der Waals surface area contributed by atoms with Gasteiger partial charge in [-0.2, -0.15) is 0 Å². The van der Waals surface area contributed by atoms with Gasteiger partial charge in [-0.1, -0.05) is 44.7 Å². The minimum absolute atomic E-state index is 0. The number of rotatable bonds is 3. The van der Waals surface area contributed by atoms with E-state index in [9.17, 15) is 5.11 Å². The Labute approximate surface area is 118 Å². The van der Waals surface area contributed by atoms with Crippen LogP contribution in [-0.4, -0.2) is 5.11 Å². The molecule has 1 aliphatic rings. The van der Waals surface area contributed by atoms with Gasteiger partial charge in [-0.05, 0) is 24.5 Å². The van der Waals surface area contributed by atoms with Gasteiger partial charge in [0.2, 0.25) is 0 Å². The molecule has 16 heavy (non-hydrogen) atoms. The van der Waals surface area contributed by atoms with Crippen molar-refractivity contribution in [3.05, 3.63) is 26.6 Å². The second kappa shape index (κ2) is 5.71. The molecule has 0 amide bonds. The summed E-state index contributed by atoms with van der Waals surface area (Å²) < 4.78 is 1.73. The van der Waals surface area contributed by atoms with Crippen molar-refractivity contribution in [1.29, 1.82) is 0 Å². The standard InChI is InChI=1S/C11H13Br2NO.ClH/c12-7-4-8(13)11(10(15)5-7)9(14)3-6-1-2-6;/h4-6,9,15H,1-3,14H2;1H/t9-;/m1./s1. The Morgan fingerprint density at radius 2 is 2.00 bits per heavy atom. The zero-order valence-corrected chi connectivity index (χ0v) is 12.6. The molecule has 0 aliphatic heterocycles. The van der Waals surface area contributed by atoms with Crippen LogP contribution in [0.3, 0.4) is 0 Å². The average Bonchev–Trinajstić information content (AvgIpc) is 2.85. The van der Waals surface area contributed by atoms with E-state index in [0.717, 1.165) is 26.8 Å². The summed E-state index contributed by atoms with van der Waals surface area (Å²) in [5.74, 6) is 1.03. The summed E-state index contributed by atoms with van der Waals surface area (Å²) >= 11 is 6.77. The Hall–Kier alpha value is 0.230. The number of aromatic hydroxyl groups is 1. The van der Waals surface area contributed by atoms with Crippen molar-refractivity contribution in [1.82, 2.24) is 0 Å². The van der Waals surface area contributed by atoms with Crippen molar-refractivity contribution < 1.29 is 5.11 Å². The zero-order chi connectivity index (χ0) is 11.0. The first-order valence-corrected chi connectivity index (χ1v) is 6.60. The molecule has 1 aromatic rings. The minimum atomic E-state index is -0.0695. The number of phenols is 1. The molecule has 0 heterocycles. The van der Waals surface area contributed by atoms with Crippen molar-refractivity contribution in [3.63, 3.8) is 0 Å². The van der Waals surface area contributed by atoms with Crippen LogP contribution >= 0.6 is 44.3 Å². The molecule has 0 radical (unpaired) electrons. The summed E-state index contributed by atoms with van der Waals surface area (Å²) in [5.41, 5.74) is 6.91. The number of benzene rings is 1. The Balaban J connectivity index is 0.00000128. The Morgan fingerprint density at radius 3 is 2.50 bits per heavy atom. The van der Waals surface area contributed by atoms with Gasteiger partial charge in [0.25, 0.3) is 0 Å². The Bertz CT molecular complexity index is 359. The smallest absolute Gasteiger partial charge is 0.122 e. The number of phenolic OH excluding ortho intramolecular Hbond substituents is 1. The number of hydrogen-bond donors (Lipinski definition) is 2. The van der Waals surface area contributed by atoms with Gasteiger partial charge in [-0.25, -0.2) is 0 Å². The molecule has 0 aromatic heterocycles. The van der Waals surface area contributed by atoms with E-state index in [2.05, 4.69) is 31.9 Å². The molecule has 1 atom stereocenters. The first kappa shape index (κ1) is 14.3. The summed E-state index contributed by atoms with van der Waals surface area (Å²) in [6.07, 6.45) is 3.53. The van der Waals surface area contributed by atoms with Crippen LogP contribution in [0.5, 0.6) is 5.75 Å². The van der Waals surface area contributed by atoms with Crippen LogP contribution in [0, 0.1) is 5.92 Å². The average molecular weight is 372 g/mol. The largest absolute Gasteiger partial charge is 0.508 e. The van der Waals surface area contributed by atoms with Gasteiger partial charge in [0, 0.05) is 20.6 Å². The van der Waals surface area contributed by atoms with Crippen molar-refractivity contribution in [2.24, 2.45) is 11.7 Å². The number of hydrogen-bond acceptors (Lipinski definition) is 2. The molecule has 0 unspecified atom stereocenters. The second-order valence-corrected chi connectivity index (χ2v) is 5.88. The van der Waals surface area contributed by atoms with Gasteiger partial charge in [0.15, 0.2) is 0 Å². The third-order valence-corrected chi connectivity index (χ3v) is 3.84. The van der Waals surface area contributed by atoms with Crippen LogP contribution in [0.1, 0.15) is 30.9 Å². The fraction of sp³-hybridized carbons (Fsp3) is 0.455. The van der Waals surface area contributed by atoms with Gasteiger partial charge in [-0.15, -0.1) is 12.4 Å². The first-order chi connectivity index (χ1) is 7.08. The van der Waals surface area contributed by atoms with Gasteiger partial charge < -0.3 is 10.8 Å². The maximum absolute atomic E-state index is 9.84. The summed E-state index contributed by atoms with van der Waals surface area (Å²) in [6, 6.07) is 3.54. The molecule has 0 saturated heterocycles. The quantitative estimate of drug-likeness (QED) is 0.839. The molecule has 1 aliphatic carbocycles. The van der Waals surface area contributed by atoms with Crippen molar-refractivity contribution in [2.75, 3.05) is 0 Å². The lowest BCUT2D eigenvalue weighted by molar-refractivity contribution is 0.454. The van der Waals surface area contributed by atoms with E-state index in [4.69, 9.17) is 5.73 Å². The molecule has 2 rings (SSSR count). The highest BCUT2D eigenvalue weighted by Gasteiger charge is 2.26. The second-order valence-electron chi connectivity index (χ2n) is 4.11. The van der Waals surface area contributed by atoms with E-state index in [1.807, 2.05) is 6.07 Å². The maximum Gasteiger partial charge on any atom is 0.122 e. The lowest BCUT2D eigenvalue weighted by Gasteiger charge is -2.15. The van der Waals surface area contributed by atoms with E-state index < -0.39 is 0 Å². The predicted molar refractivity (Wildman–Crippen MR) is 75.0 cm³/mol. The minimum Gasteiger partial charge on any atom is -0.508 e.